The predicted octanol–water partition coefficient (Wildman–Crippen LogP) is 7.94. The van der Waals surface area contributed by atoms with Crippen molar-refractivity contribution >= 4 is 0 Å². The van der Waals surface area contributed by atoms with Gasteiger partial charge in [-0.25, -0.2) is 8.78 Å². The van der Waals surface area contributed by atoms with Crippen molar-refractivity contribution in [3.63, 3.8) is 0 Å². The van der Waals surface area contributed by atoms with E-state index in [0.29, 0.717) is 24.7 Å². The Hall–Kier alpha value is -1.33. The van der Waals surface area contributed by atoms with E-state index in [4.69, 9.17) is 0 Å². The lowest BCUT2D eigenvalue weighted by Gasteiger charge is -2.39. The average molecular weight is 406 g/mol. The molecule has 0 bridgehead atoms. The fourth-order valence-electron chi connectivity index (χ4n) is 4.62. The van der Waals surface area contributed by atoms with E-state index < -0.39 is 23.6 Å². The van der Waals surface area contributed by atoms with Gasteiger partial charge >= 0.3 is 6.36 Å². The minimum absolute atomic E-state index is 0.163. The van der Waals surface area contributed by atoms with Crippen LogP contribution in [0.1, 0.15) is 83.6 Å². The van der Waals surface area contributed by atoms with Crippen molar-refractivity contribution in [2.75, 3.05) is 0 Å². The first kappa shape index (κ1) is 23.0. The van der Waals surface area contributed by atoms with Crippen molar-refractivity contribution in [2.45, 2.75) is 90.1 Å². The van der Waals surface area contributed by atoms with Gasteiger partial charge in [0.1, 0.15) is 5.67 Å². The number of rotatable bonds is 3. The van der Waals surface area contributed by atoms with Crippen molar-refractivity contribution in [1.82, 2.24) is 0 Å². The van der Waals surface area contributed by atoms with Gasteiger partial charge in [-0.15, -0.1) is 13.2 Å². The van der Waals surface area contributed by atoms with Crippen LogP contribution in [0.4, 0.5) is 22.0 Å². The lowest BCUT2D eigenvalue weighted by atomic mass is 9.68. The van der Waals surface area contributed by atoms with Gasteiger partial charge in [0.2, 0.25) is 0 Å². The molecule has 0 aliphatic heterocycles. The molecule has 2 fully saturated rings. The van der Waals surface area contributed by atoms with Crippen LogP contribution in [0.5, 0.6) is 5.75 Å². The zero-order valence-corrected chi connectivity index (χ0v) is 16.9. The van der Waals surface area contributed by atoms with Crippen LogP contribution in [0.15, 0.2) is 18.2 Å². The van der Waals surface area contributed by atoms with E-state index in [1.807, 2.05) is 13.8 Å². The molecule has 0 radical (unpaired) electrons. The summed E-state index contributed by atoms with van der Waals surface area (Å²) < 4.78 is 68.2. The Kier molecular flexibility index (Phi) is 7.74. The highest BCUT2D eigenvalue weighted by Gasteiger charge is 2.36. The van der Waals surface area contributed by atoms with Gasteiger partial charge in [0, 0.05) is 0 Å². The van der Waals surface area contributed by atoms with E-state index in [1.165, 1.54) is 12.1 Å². The fraction of sp³-hybridized carbons (Fsp3) is 0.727. The molecule has 2 aliphatic carbocycles. The molecule has 0 atom stereocenters. The van der Waals surface area contributed by atoms with E-state index in [2.05, 4.69) is 4.74 Å². The highest BCUT2D eigenvalue weighted by molar-refractivity contribution is 5.31. The first-order valence-corrected chi connectivity index (χ1v) is 10.4. The molecule has 0 N–H and O–H groups in total. The second kappa shape index (κ2) is 9.45. The Balaban J connectivity index is 0.00000136. The Labute approximate surface area is 164 Å². The summed E-state index contributed by atoms with van der Waals surface area (Å²) in [6.07, 6.45) is 2.05. The van der Waals surface area contributed by atoms with Gasteiger partial charge in [-0.1, -0.05) is 19.9 Å². The van der Waals surface area contributed by atoms with Crippen LogP contribution in [0.3, 0.4) is 0 Å². The minimum Gasteiger partial charge on any atom is -0.403 e. The van der Waals surface area contributed by atoms with Crippen LogP contribution < -0.4 is 4.74 Å². The summed E-state index contributed by atoms with van der Waals surface area (Å²) >= 11 is 0. The zero-order chi connectivity index (χ0) is 20.9. The lowest BCUT2D eigenvalue weighted by Crippen LogP contribution is -2.31. The van der Waals surface area contributed by atoms with Gasteiger partial charge < -0.3 is 4.74 Å². The maximum Gasteiger partial charge on any atom is 0.573 e. The Morgan fingerprint density at radius 2 is 1.46 bits per heavy atom. The average Bonchev–Trinajstić information content (AvgIpc) is 2.64. The Morgan fingerprint density at radius 3 is 1.96 bits per heavy atom. The summed E-state index contributed by atoms with van der Waals surface area (Å²) in [6.45, 7) is 5.68. The van der Waals surface area contributed by atoms with Crippen molar-refractivity contribution in [2.24, 2.45) is 11.8 Å². The summed E-state index contributed by atoms with van der Waals surface area (Å²) in [5.41, 5.74) is -0.290. The van der Waals surface area contributed by atoms with Gasteiger partial charge in [0.15, 0.2) is 11.6 Å². The summed E-state index contributed by atoms with van der Waals surface area (Å²) in [4.78, 5) is 0. The van der Waals surface area contributed by atoms with E-state index in [-0.39, 0.29) is 5.92 Å². The monoisotopic (exact) mass is 406 g/mol. The maximum atomic E-state index is 14.0. The SMILES string of the molecule is CC.CC1(F)CCC(C2CCC(c3ccc(OC(F)(F)F)c(F)c3)CC2)CC1. The fourth-order valence-corrected chi connectivity index (χ4v) is 4.62. The van der Waals surface area contributed by atoms with Gasteiger partial charge in [-0.2, -0.15) is 0 Å². The van der Waals surface area contributed by atoms with Gasteiger partial charge in [-0.3, -0.25) is 0 Å². The number of benzene rings is 1. The molecule has 0 heterocycles. The molecule has 1 nitrogen and oxygen atoms in total. The molecule has 0 unspecified atom stereocenters. The van der Waals surface area contributed by atoms with E-state index in [9.17, 15) is 22.0 Å². The molecular formula is C22H31F5O. The smallest absolute Gasteiger partial charge is 0.403 e. The number of hydrogen-bond acceptors (Lipinski definition) is 1. The van der Waals surface area contributed by atoms with Crippen molar-refractivity contribution in [3.05, 3.63) is 29.6 Å². The van der Waals surface area contributed by atoms with Gasteiger partial charge in [-0.05, 0) is 93.7 Å². The normalized spacial score (nSPS) is 30.9. The van der Waals surface area contributed by atoms with Crippen molar-refractivity contribution in [3.8, 4) is 5.75 Å². The molecule has 1 aromatic rings. The summed E-state index contributed by atoms with van der Waals surface area (Å²) in [5, 5.41) is 0. The summed E-state index contributed by atoms with van der Waals surface area (Å²) in [7, 11) is 0. The largest absolute Gasteiger partial charge is 0.573 e. The molecule has 28 heavy (non-hydrogen) atoms. The topological polar surface area (TPSA) is 9.23 Å². The Morgan fingerprint density at radius 1 is 0.929 bits per heavy atom. The van der Waals surface area contributed by atoms with Crippen LogP contribution in [-0.4, -0.2) is 12.0 Å². The molecule has 0 saturated heterocycles. The lowest BCUT2D eigenvalue weighted by molar-refractivity contribution is -0.275. The highest BCUT2D eigenvalue weighted by Crippen LogP contribution is 2.45. The molecule has 0 spiro atoms. The third kappa shape index (κ3) is 6.35. The second-order valence-corrected chi connectivity index (χ2v) is 8.10. The van der Waals surface area contributed by atoms with Crippen LogP contribution >= 0.6 is 0 Å². The van der Waals surface area contributed by atoms with Crippen LogP contribution in [0.2, 0.25) is 0 Å². The van der Waals surface area contributed by atoms with Gasteiger partial charge in [0.05, 0.1) is 0 Å². The molecule has 160 valence electrons. The molecule has 3 rings (SSSR count). The van der Waals surface area contributed by atoms with E-state index in [1.54, 1.807) is 6.92 Å². The molecule has 0 aromatic heterocycles. The molecule has 1 aromatic carbocycles. The molecule has 0 amide bonds. The molecule has 2 aliphatic rings. The third-order valence-corrected chi connectivity index (χ3v) is 6.16. The number of alkyl halides is 4. The van der Waals surface area contributed by atoms with Crippen molar-refractivity contribution in [1.29, 1.82) is 0 Å². The molecule has 2 saturated carbocycles. The van der Waals surface area contributed by atoms with Crippen LogP contribution in [0, 0.1) is 17.7 Å². The second-order valence-electron chi connectivity index (χ2n) is 8.10. The third-order valence-electron chi connectivity index (χ3n) is 6.16. The standard InChI is InChI=1S/C20H25F5O.C2H6/c1-19(22)10-8-15(9-11-19)13-2-4-14(5-3-13)16-6-7-18(17(21)12-16)26-20(23,24)25;1-2/h6-7,12-15H,2-5,8-11H2,1H3;1-2H3. The quantitative estimate of drug-likeness (QED) is 0.463. The van der Waals surface area contributed by atoms with Crippen LogP contribution in [-0.2, 0) is 0 Å². The first-order chi connectivity index (χ1) is 13.1. The summed E-state index contributed by atoms with van der Waals surface area (Å²) in [6, 6.07) is 3.76. The maximum absolute atomic E-state index is 14.0. The Bertz CT molecular complexity index is 608. The summed E-state index contributed by atoms with van der Waals surface area (Å²) in [5.74, 6) is -0.447. The predicted molar refractivity (Wildman–Crippen MR) is 101 cm³/mol. The van der Waals surface area contributed by atoms with Crippen molar-refractivity contribution < 1.29 is 26.7 Å². The molecular weight excluding hydrogens is 375 g/mol. The van der Waals surface area contributed by atoms with E-state index >= 15 is 0 Å². The van der Waals surface area contributed by atoms with Crippen LogP contribution in [0.25, 0.3) is 0 Å². The number of hydrogen-bond donors (Lipinski definition) is 0. The first-order valence-electron chi connectivity index (χ1n) is 10.4. The van der Waals surface area contributed by atoms with Gasteiger partial charge in [0.25, 0.3) is 0 Å². The highest BCUT2D eigenvalue weighted by atomic mass is 19.4. The zero-order valence-electron chi connectivity index (χ0n) is 16.9. The van der Waals surface area contributed by atoms with E-state index in [0.717, 1.165) is 50.2 Å². The molecule has 6 heteroatoms. The minimum atomic E-state index is -4.89. The number of halogens is 5. The number of ether oxygens (including phenoxy) is 1.